The summed E-state index contributed by atoms with van der Waals surface area (Å²) < 4.78 is 2.01. The molecule has 3 aromatic rings. The largest absolute Gasteiger partial charge is 0.312 e. The van der Waals surface area contributed by atoms with Crippen LogP contribution in [0, 0.1) is 5.92 Å². The molecule has 1 atom stereocenters. The number of hydrogen-bond acceptors (Lipinski definition) is 5. The van der Waals surface area contributed by atoms with Crippen molar-refractivity contribution in [1.82, 2.24) is 9.88 Å². The van der Waals surface area contributed by atoms with Gasteiger partial charge < -0.3 is 9.80 Å². The molecule has 31 heavy (non-hydrogen) atoms. The van der Waals surface area contributed by atoms with Gasteiger partial charge in [-0.2, -0.15) is 0 Å². The van der Waals surface area contributed by atoms with Crippen LogP contribution in [0.4, 0.5) is 10.8 Å². The predicted octanol–water partition coefficient (Wildman–Crippen LogP) is 4.43. The van der Waals surface area contributed by atoms with E-state index in [2.05, 4.69) is 15.9 Å². The minimum atomic E-state index is -0.376. The number of carbonyl (C=O) groups is 2. The molecule has 1 fully saturated rings. The first kappa shape index (κ1) is 23.7. The maximum absolute atomic E-state index is 13.5. The van der Waals surface area contributed by atoms with E-state index in [4.69, 9.17) is 4.98 Å². The van der Waals surface area contributed by atoms with Gasteiger partial charge in [-0.05, 0) is 44.4 Å². The number of anilines is 2. The first-order valence-electron chi connectivity index (χ1n) is 9.80. The Bertz CT molecular complexity index is 1080. The fraction of sp³-hybridized carbons (Fsp3) is 0.318. The summed E-state index contributed by atoms with van der Waals surface area (Å²) in [6.45, 7) is 1.65. The van der Waals surface area contributed by atoms with Gasteiger partial charge in [0.1, 0.15) is 0 Å². The van der Waals surface area contributed by atoms with Crippen molar-refractivity contribution in [3.63, 3.8) is 0 Å². The molecule has 0 saturated carbocycles. The van der Waals surface area contributed by atoms with Crippen molar-refractivity contribution >= 4 is 72.5 Å². The topological polar surface area (TPSA) is 56.8 Å². The van der Waals surface area contributed by atoms with Gasteiger partial charge in [-0.3, -0.25) is 14.5 Å². The van der Waals surface area contributed by atoms with Crippen LogP contribution in [-0.4, -0.2) is 55.4 Å². The number of thiazole rings is 1. The Labute approximate surface area is 200 Å². The zero-order valence-corrected chi connectivity index (χ0v) is 20.5. The van der Waals surface area contributed by atoms with E-state index in [0.29, 0.717) is 24.8 Å². The summed E-state index contributed by atoms with van der Waals surface area (Å²) in [6.07, 6.45) is 0.225. The Morgan fingerprint density at radius 3 is 2.65 bits per heavy atom. The van der Waals surface area contributed by atoms with Crippen molar-refractivity contribution in [3.8, 4) is 0 Å². The summed E-state index contributed by atoms with van der Waals surface area (Å²) in [6, 6.07) is 15.4. The highest BCUT2D eigenvalue weighted by Gasteiger charge is 2.38. The molecule has 6 nitrogen and oxygen atoms in total. The van der Waals surface area contributed by atoms with Crippen LogP contribution < -0.4 is 9.80 Å². The van der Waals surface area contributed by atoms with Gasteiger partial charge in [0.05, 0.1) is 16.1 Å². The Balaban J connectivity index is 0.00000272. The summed E-state index contributed by atoms with van der Waals surface area (Å²) >= 11 is 5.00. The van der Waals surface area contributed by atoms with E-state index in [0.717, 1.165) is 20.4 Å². The van der Waals surface area contributed by atoms with Crippen LogP contribution in [-0.2, 0) is 9.59 Å². The molecule has 1 aromatic heterocycles. The minimum absolute atomic E-state index is 0. The Morgan fingerprint density at radius 1 is 1.19 bits per heavy atom. The number of likely N-dealkylation sites (N-methyl/N-ethyl adjacent to an activating group) is 1. The van der Waals surface area contributed by atoms with E-state index in [1.165, 1.54) is 11.3 Å². The molecule has 2 heterocycles. The van der Waals surface area contributed by atoms with E-state index >= 15 is 0 Å². The molecule has 9 heteroatoms. The monoisotopic (exact) mass is 522 g/mol. The molecule has 1 saturated heterocycles. The van der Waals surface area contributed by atoms with Crippen LogP contribution in [0.15, 0.2) is 53.0 Å². The third-order valence-electron chi connectivity index (χ3n) is 5.15. The molecular formula is C22H24BrClN4O2S. The van der Waals surface area contributed by atoms with E-state index in [-0.39, 0.29) is 36.6 Å². The fourth-order valence-electron chi connectivity index (χ4n) is 3.55. The Kier molecular flexibility index (Phi) is 7.69. The quantitative estimate of drug-likeness (QED) is 0.480. The van der Waals surface area contributed by atoms with E-state index in [1.807, 2.05) is 67.5 Å². The van der Waals surface area contributed by atoms with Crippen molar-refractivity contribution in [2.75, 3.05) is 43.5 Å². The molecule has 1 aliphatic heterocycles. The predicted molar refractivity (Wildman–Crippen MR) is 132 cm³/mol. The molecular weight excluding hydrogens is 500 g/mol. The van der Waals surface area contributed by atoms with Crippen molar-refractivity contribution in [3.05, 3.63) is 53.0 Å². The number of amides is 2. The van der Waals surface area contributed by atoms with E-state index < -0.39 is 0 Å². The zero-order chi connectivity index (χ0) is 21.3. The molecule has 164 valence electrons. The standard InChI is InChI=1S/C22H23BrN4O2S.ClH/c1-25(2)10-11-26(22-24-18-9-8-16(23)13-19(18)30-22)21(29)15-12-20(28)27(14-15)17-6-4-3-5-7-17;/h3-9,13,15H,10-12,14H2,1-2H3;1H. The van der Waals surface area contributed by atoms with Crippen LogP contribution >= 0.6 is 39.7 Å². The average Bonchev–Trinajstić information content (AvgIpc) is 3.31. The second-order valence-electron chi connectivity index (χ2n) is 7.64. The lowest BCUT2D eigenvalue weighted by Gasteiger charge is -2.24. The number of carbonyl (C=O) groups excluding carboxylic acids is 2. The molecule has 0 aliphatic carbocycles. The van der Waals surface area contributed by atoms with Crippen molar-refractivity contribution in [1.29, 1.82) is 0 Å². The second-order valence-corrected chi connectivity index (χ2v) is 9.57. The third kappa shape index (κ3) is 5.26. The van der Waals surface area contributed by atoms with E-state index in [9.17, 15) is 9.59 Å². The van der Waals surface area contributed by atoms with Gasteiger partial charge in [0, 0.05) is 36.2 Å². The summed E-state index contributed by atoms with van der Waals surface area (Å²) in [5.41, 5.74) is 1.71. The lowest BCUT2D eigenvalue weighted by atomic mass is 10.1. The number of rotatable bonds is 6. The molecule has 1 unspecified atom stereocenters. The van der Waals surface area contributed by atoms with Gasteiger partial charge in [-0.1, -0.05) is 45.5 Å². The molecule has 1 aliphatic rings. The van der Waals surface area contributed by atoms with Gasteiger partial charge in [0.2, 0.25) is 11.8 Å². The van der Waals surface area contributed by atoms with Crippen molar-refractivity contribution in [2.24, 2.45) is 5.92 Å². The van der Waals surface area contributed by atoms with Gasteiger partial charge in [0.15, 0.2) is 5.13 Å². The molecule has 0 radical (unpaired) electrons. The van der Waals surface area contributed by atoms with Crippen LogP contribution in [0.25, 0.3) is 10.2 Å². The van der Waals surface area contributed by atoms with Crippen LogP contribution in [0.3, 0.4) is 0 Å². The second kappa shape index (κ2) is 10.1. The van der Waals surface area contributed by atoms with Crippen LogP contribution in [0.2, 0.25) is 0 Å². The first-order valence-corrected chi connectivity index (χ1v) is 11.4. The van der Waals surface area contributed by atoms with Gasteiger partial charge >= 0.3 is 0 Å². The molecule has 0 N–H and O–H groups in total. The highest BCUT2D eigenvalue weighted by Crippen LogP contribution is 2.33. The Hall–Kier alpha value is -2.00. The lowest BCUT2D eigenvalue weighted by molar-refractivity contribution is -0.124. The number of hydrogen-bond donors (Lipinski definition) is 0. The average molecular weight is 524 g/mol. The zero-order valence-electron chi connectivity index (χ0n) is 17.3. The maximum Gasteiger partial charge on any atom is 0.234 e. The number of fused-ring (bicyclic) bond motifs is 1. The molecule has 2 aromatic carbocycles. The summed E-state index contributed by atoms with van der Waals surface area (Å²) in [5.74, 6) is -0.430. The highest BCUT2D eigenvalue weighted by molar-refractivity contribution is 9.10. The minimum Gasteiger partial charge on any atom is -0.312 e. The molecule has 2 amide bonds. The highest BCUT2D eigenvalue weighted by atomic mass is 79.9. The number of para-hydroxylation sites is 1. The number of halogens is 2. The third-order valence-corrected chi connectivity index (χ3v) is 6.68. The summed E-state index contributed by atoms with van der Waals surface area (Å²) in [7, 11) is 3.96. The van der Waals surface area contributed by atoms with Crippen LogP contribution in [0.1, 0.15) is 6.42 Å². The lowest BCUT2D eigenvalue weighted by Crippen LogP contribution is -2.41. The smallest absolute Gasteiger partial charge is 0.234 e. The molecule has 4 rings (SSSR count). The van der Waals surface area contributed by atoms with Gasteiger partial charge in [-0.15, -0.1) is 12.4 Å². The normalized spacial score (nSPS) is 16.1. The first-order chi connectivity index (χ1) is 14.4. The number of benzene rings is 2. The van der Waals surface area contributed by atoms with Crippen molar-refractivity contribution in [2.45, 2.75) is 6.42 Å². The van der Waals surface area contributed by atoms with Gasteiger partial charge in [-0.25, -0.2) is 4.98 Å². The Morgan fingerprint density at radius 2 is 1.94 bits per heavy atom. The summed E-state index contributed by atoms with van der Waals surface area (Å²) in [5, 5.41) is 0.681. The maximum atomic E-state index is 13.5. The summed E-state index contributed by atoms with van der Waals surface area (Å²) in [4.78, 5) is 36.3. The van der Waals surface area contributed by atoms with Gasteiger partial charge in [0.25, 0.3) is 0 Å². The van der Waals surface area contributed by atoms with Crippen molar-refractivity contribution < 1.29 is 9.59 Å². The fourth-order valence-corrected chi connectivity index (χ4v) is 5.10. The number of aromatic nitrogens is 1. The molecule has 0 bridgehead atoms. The molecule has 0 spiro atoms. The van der Waals surface area contributed by atoms with Crippen LogP contribution in [0.5, 0.6) is 0 Å². The van der Waals surface area contributed by atoms with E-state index in [1.54, 1.807) is 9.80 Å². The SMILES string of the molecule is CN(C)CCN(C(=O)C1CC(=O)N(c2ccccc2)C1)c1nc2ccc(Br)cc2s1.Cl. The number of nitrogens with zero attached hydrogens (tertiary/aromatic N) is 4.